The van der Waals surface area contributed by atoms with Gasteiger partial charge in [-0.3, -0.25) is 4.79 Å². The topological polar surface area (TPSA) is 80.5 Å². The Morgan fingerprint density at radius 3 is 2.29 bits per heavy atom. The van der Waals surface area contributed by atoms with Crippen molar-refractivity contribution in [2.45, 2.75) is 29.9 Å². The smallest absolute Gasteiger partial charge is 0.255 e. The van der Waals surface area contributed by atoms with Crippen molar-refractivity contribution in [1.82, 2.24) is 4.90 Å². The molecule has 1 amide bonds. The van der Waals surface area contributed by atoms with Crippen molar-refractivity contribution in [3.05, 3.63) is 65.7 Å². The molecular formula is C21H27ClN2O3S. The molecule has 1 aliphatic rings. The molecule has 1 aliphatic heterocycles. The van der Waals surface area contributed by atoms with E-state index in [9.17, 15) is 13.2 Å². The molecule has 0 saturated carbocycles. The second kappa shape index (κ2) is 9.07. The van der Waals surface area contributed by atoms with Crippen molar-refractivity contribution in [2.75, 3.05) is 19.6 Å². The fourth-order valence-corrected chi connectivity index (χ4v) is 4.91. The van der Waals surface area contributed by atoms with Crippen LogP contribution in [0.2, 0.25) is 0 Å². The molecule has 0 spiro atoms. The first-order valence-corrected chi connectivity index (χ1v) is 10.8. The van der Waals surface area contributed by atoms with Crippen molar-refractivity contribution in [3.8, 4) is 0 Å². The molecule has 0 unspecified atom stereocenters. The number of amides is 1. The number of hydrogen-bond acceptors (Lipinski definition) is 4. The van der Waals surface area contributed by atoms with Gasteiger partial charge in [0.2, 0.25) is 0 Å². The summed E-state index contributed by atoms with van der Waals surface area (Å²) >= 11 is 0. The van der Waals surface area contributed by atoms with Crippen LogP contribution >= 0.6 is 12.4 Å². The van der Waals surface area contributed by atoms with Gasteiger partial charge in [-0.2, -0.15) is 0 Å². The van der Waals surface area contributed by atoms with E-state index in [-0.39, 0.29) is 40.6 Å². The van der Waals surface area contributed by atoms with Gasteiger partial charge in [0.1, 0.15) is 0 Å². The quantitative estimate of drug-likeness (QED) is 0.802. The number of carbonyl (C=O) groups excluding carboxylic acids is 1. The van der Waals surface area contributed by atoms with Crippen molar-refractivity contribution >= 4 is 28.2 Å². The number of likely N-dealkylation sites (tertiary alicyclic amines) is 1. The molecule has 2 aromatic carbocycles. The van der Waals surface area contributed by atoms with Crippen molar-refractivity contribution in [1.29, 1.82) is 0 Å². The van der Waals surface area contributed by atoms with Crippen LogP contribution < -0.4 is 5.73 Å². The summed E-state index contributed by atoms with van der Waals surface area (Å²) in [4.78, 5) is 15.0. The molecule has 2 aromatic rings. The van der Waals surface area contributed by atoms with E-state index in [4.69, 9.17) is 5.73 Å². The van der Waals surface area contributed by atoms with Crippen molar-refractivity contribution < 1.29 is 13.2 Å². The summed E-state index contributed by atoms with van der Waals surface area (Å²) in [5.74, 6) is 0.0749. The summed E-state index contributed by atoms with van der Waals surface area (Å²) in [5.41, 5.74) is 7.37. The number of nitrogens with two attached hydrogens (primary N) is 1. The van der Waals surface area contributed by atoms with Gasteiger partial charge in [-0.1, -0.05) is 42.5 Å². The van der Waals surface area contributed by atoms with E-state index in [1.165, 1.54) is 6.07 Å². The number of nitrogens with zero attached hydrogens (tertiary/aromatic N) is 1. The highest BCUT2D eigenvalue weighted by molar-refractivity contribution is 7.92. The summed E-state index contributed by atoms with van der Waals surface area (Å²) in [6.45, 7) is 4.81. The average molecular weight is 423 g/mol. The van der Waals surface area contributed by atoms with E-state index in [0.717, 1.165) is 5.56 Å². The number of rotatable bonds is 5. The molecule has 1 fully saturated rings. The van der Waals surface area contributed by atoms with Gasteiger partial charge in [0, 0.05) is 19.0 Å². The van der Waals surface area contributed by atoms with Crippen LogP contribution in [0.25, 0.3) is 0 Å². The van der Waals surface area contributed by atoms with E-state index >= 15 is 0 Å². The lowest BCUT2D eigenvalue weighted by atomic mass is 9.89. The lowest BCUT2D eigenvalue weighted by Crippen LogP contribution is -2.31. The maximum Gasteiger partial charge on any atom is 0.255 e. The van der Waals surface area contributed by atoms with Gasteiger partial charge >= 0.3 is 0 Å². The minimum Gasteiger partial charge on any atom is -0.338 e. The summed E-state index contributed by atoms with van der Waals surface area (Å²) in [6.07, 6.45) is 0. The molecule has 152 valence electrons. The predicted molar refractivity (Wildman–Crippen MR) is 114 cm³/mol. The summed E-state index contributed by atoms with van der Waals surface area (Å²) in [6, 6.07) is 16.5. The van der Waals surface area contributed by atoms with E-state index < -0.39 is 15.1 Å². The van der Waals surface area contributed by atoms with Gasteiger partial charge in [-0.05, 0) is 44.0 Å². The van der Waals surface area contributed by atoms with Crippen LogP contribution in [-0.2, 0) is 9.84 Å². The van der Waals surface area contributed by atoms with E-state index in [1.807, 2.05) is 18.2 Å². The molecule has 3 rings (SSSR count). The molecule has 0 radical (unpaired) electrons. The molecule has 1 heterocycles. The van der Waals surface area contributed by atoms with Crippen molar-refractivity contribution in [3.63, 3.8) is 0 Å². The first-order valence-electron chi connectivity index (χ1n) is 9.23. The zero-order valence-electron chi connectivity index (χ0n) is 16.1. The Balaban J connectivity index is 0.00000280. The predicted octanol–water partition coefficient (Wildman–Crippen LogP) is 3.11. The molecule has 28 heavy (non-hydrogen) atoms. The highest BCUT2D eigenvalue weighted by Gasteiger charge is 2.37. The number of carbonyl (C=O) groups is 1. The number of halogens is 1. The lowest BCUT2D eigenvalue weighted by molar-refractivity contribution is 0.0782. The minimum absolute atomic E-state index is 0. The Bertz CT molecular complexity index is 916. The number of hydrogen-bond donors (Lipinski definition) is 1. The summed E-state index contributed by atoms with van der Waals surface area (Å²) in [5, 5.41) is -0.584. The van der Waals surface area contributed by atoms with Crippen LogP contribution in [0.5, 0.6) is 0 Å². The molecular weight excluding hydrogens is 396 g/mol. The maximum absolute atomic E-state index is 13.2. The second-order valence-corrected chi connectivity index (χ2v) is 9.79. The Morgan fingerprint density at radius 2 is 1.68 bits per heavy atom. The molecule has 5 nitrogen and oxygen atoms in total. The third kappa shape index (κ3) is 4.24. The van der Waals surface area contributed by atoms with Crippen LogP contribution in [0.1, 0.15) is 35.7 Å². The lowest BCUT2D eigenvalue weighted by Gasteiger charge is -2.19. The second-order valence-electron chi connectivity index (χ2n) is 7.31. The first-order chi connectivity index (χ1) is 12.9. The molecule has 7 heteroatoms. The van der Waals surface area contributed by atoms with Crippen LogP contribution in [0.15, 0.2) is 59.5 Å². The Labute approximate surface area is 173 Å². The van der Waals surface area contributed by atoms with E-state index in [0.29, 0.717) is 19.6 Å². The standard InChI is InChI=1S/C21H26N2O3S.ClH/c1-15(2)27(25,26)20-11-7-6-10-18(20)21(24)23-13-17(12-22)19(14-23)16-8-4-3-5-9-16;/h3-11,15,17,19H,12-14,22H2,1-2H3;1H/t17-,19+;/m1./s1. The minimum atomic E-state index is -3.54. The zero-order chi connectivity index (χ0) is 19.6. The summed E-state index contributed by atoms with van der Waals surface area (Å²) in [7, 11) is -3.54. The molecule has 0 bridgehead atoms. The largest absolute Gasteiger partial charge is 0.338 e. The van der Waals surface area contributed by atoms with Gasteiger partial charge in [0.15, 0.2) is 9.84 Å². The molecule has 0 aliphatic carbocycles. The van der Waals surface area contributed by atoms with E-state index in [2.05, 4.69) is 12.1 Å². The Morgan fingerprint density at radius 1 is 1.07 bits per heavy atom. The third-order valence-electron chi connectivity index (χ3n) is 5.30. The number of sulfone groups is 1. The highest BCUT2D eigenvalue weighted by Crippen LogP contribution is 2.33. The molecule has 1 saturated heterocycles. The van der Waals surface area contributed by atoms with Crippen LogP contribution in [0, 0.1) is 5.92 Å². The number of benzene rings is 2. The van der Waals surface area contributed by atoms with Gasteiger partial charge in [-0.15, -0.1) is 12.4 Å². The SMILES string of the molecule is CC(C)S(=O)(=O)c1ccccc1C(=O)N1C[C@@H](CN)[C@H](c2ccccc2)C1.Cl. The maximum atomic E-state index is 13.2. The Kier molecular flexibility index (Phi) is 7.26. The zero-order valence-corrected chi connectivity index (χ0v) is 17.7. The molecule has 0 aromatic heterocycles. The monoisotopic (exact) mass is 422 g/mol. The fourth-order valence-electron chi connectivity index (χ4n) is 3.67. The first kappa shape index (κ1) is 22.4. The molecule has 2 atom stereocenters. The fraction of sp³-hybridized carbons (Fsp3) is 0.381. The van der Waals surface area contributed by atoms with Crippen LogP contribution in [0.4, 0.5) is 0 Å². The Hall–Kier alpha value is -1.89. The van der Waals surface area contributed by atoms with Gasteiger partial charge in [0.25, 0.3) is 5.91 Å². The summed E-state index contributed by atoms with van der Waals surface area (Å²) < 4.78 is 25.4. The average Bonchev–Trinajstić information content (AvgIpc) is 3.12. The van der Waals surface area contributed by atoms with Gasteiger partial charge in [-0.25, -0.2) is 8.42 Å². The van der Waals surface area contributed by atoms with Crippen LogP contribution in [-0.4, -0.2) is 44.1 Å². The van der Waals surface area contributed by atoms with Crippen molar-refractivity contribution in [2.24, 2.45) is 11.7 Å². The third-order valence-corrected chi connectivity index (χ3v) is 7.51. The van der Waals surface area contributed by atoms with Gasteiger partial charge in [0.05, 0.1) is 15.7 Å². The van der Waals surface area contributed by atoms with Crippen LogP contribution in [0.3, 0.4) is 0 Å². The normalized spacial score (nSPS) is 19.5. The molecule has 2 N–H and O–H groups in total. The van der Waals surface area contributed by atoms with Gasteiger partial charge < -0.3 is 10.6 Å². The highest BCUT2D eigenvalue weighted by atomic mass is 35.5. The van der Waals surface area contributed by atoms with E-state index in [1.54, 1.807) is 36.9 Å².